The van der Waals surface area contributed by atoms with Crippen LogP contribution in [-0.4, -0.2) is 23.7 Å². The van der Waals surface area contributed by atoms with Gasteiger partial charge in [0.1, 0.15) is 0 Å². The summed E-state index contributed by atoms with van der Waals surface area (Å²) >= 11 is 0. The SMILES string of the molecule is Cc1cc(N(CCC(C)C)C2CCCC2)ccc1C(=O)O. The smallest absolute Gasteiger partial charge is 0.335 e. The Hall–Kier alpha value is -1.51. The summed E-state index contributed by atoms with van der Waals surface area (Å²) in [5.41, 5.74) is 2.45. The van der Waals surface area contributed by atoms with E-state index in [1.165, 1.54) is 37.8 Å². The molecule has 3 nitrogen and oxygen atoms in total. The largest absolute Gasteiger partial charge is 0.478 e. The predicted molar refractivity (Wildman–Crippen MR) is 87.2 cm³/mol. The number of rotatable bonds is 6. The lowest BCUT2D eigenvalue weighted by atomic mass is 10.0. The van der Waals surface area contributed by atoms with E-state index in [2.05, 4.69) is 18.7 Å². The molecule has 0 spiro atoms. The van der Waals surface area contributed by atoms with Crippen molar-refractivity contribution in [1.29, 1.82) is 0 Å². The summed E-state index contributed by atoms with van der Waals surface area (Å²) < 4.78 is 0. The van der Waals surface area contributed by atoms with Crippen LogP contribution in [0.1, 0.15) is 61.9 Å². The van der Waals surface area contributed by atoms with Gasteiger partial charge in [-0.25, -0.2) is 4.79 Å². The standard InChI is InChI=1S/C18H27NO2/c1-13(2)10-11-19(15-6-4-5-7-15)16-8-9-17(18(20)21)14(3)12-16/h8-9,12-13,15H,4-7,10-11H2,1-3H3,(H,20,21). The molecule has 0 unspecified atom stereocenters. The van der Waals surface area contributed by atoms with Crippen LogP contribution in [0.25, 0.3) is 0 Å². The second-order valence-corrected chi connectivity index (χ2v) is 6.62. The molecule has 1 saturated carbocycles. The fourth-order valence-electron chi connectivity index (χ4n) is 3.20. The fraction of sp³-hybridized carbons (Fsp3) is 0.611. The number of benzene rings is 1. The van der Waals surface area contributed by atoms with Crippen molar-refractivity contribution in [3.63, 3.8) is 0 Å². The van der Waals surface area contributed by atoms with E-state index in [0.717, 1.165) is 12.1 Å². The summed E-state index contributed by atoms with van der Waals surface area (Å²) in [6.07, 6.45) is 6.33. The Bertz CT molecular complexity index is 490. The van der Waals surface area contributed by atoms with Gasteiger partial charge in [0, 0.05) is 18.3 Å². The molecule has 0 radical (unpaired) electrons. The van der Waals surface area contributed by atoms with Crippen LogP contribution < -0.4 is 4.90 Å². The molecule has 1 fully saturated rings. The monoisotopic (exact) mass is 289 g/mol. The van der Waals surface area contributed by atoms with E-state index in [1.807, 2.05) is 19.1 Å². The zero-order valence-corrected chi connectivity index (χ0v) is 13.4. The first kappa shape index (κ1) is 15.9. The zero-order valence-electron chi connectivity index (χ0n) is 13.4. The van der Waals surface area contributed by atoms with Gasteiger partial charge in [0.05, 0.1) is 5.56 Å². The van der Waals surface area contributed by atoms with Gasteiger partial charge in [-0.1, -0.05) is 26.7 Å². The molecular weight excluding hydrogens is 262 g/mol. The maximum absolute atomic E-state index is 11.2. The molecular formula is C18H27NO2. The van der Waals surface area contributed by atoms with Crippen LogP contribution in [0.2, 0.25) is 0 Å². The van der Waals surface area contributed by atoms with Crippen molar-refractivity contribution < 1.29 is 9.90 Å². The molecule has 1 aromatic carbocycles. The number of nitrogens with zero attached hydrogens (tertiary/aromatic N) is 1. The third-order valence-electron chi connectivity index (χ3n) is 4.48. The van der Waals surface area contributed by atoms with Gasteiger partial charge in [-0.3, -0.25) is 0 Å². The van der Waals surface area contributed by atoms with Crippen molar-refractivity contribution in [3.8, 4) is 0 Å². The first-order valence-corrected chi connectivity index (χ1v) is 8.09. The highest BCUT2D eigenvalue weighted by Crippen LogP contribution is 2.30. The third-order valence-corrected chi connectivity index (χ3v) is 4.48. The van der Waals surface area contributed by atoms with Gasteiger partial charge in [-0.05, 0) is 55.9 Å². The van der Waals surface area contributed by atoms with E-state index in [9.17, 15) is 4.79 Å². The summed E-state index contributed by atoms with van der Waals surface area (Å²) in [7, 11) is 0. The van der Waals surface area contributed by atoms with Crippen molar-refractivity contribution in [1.82, 2.24) is 0 Å². The molecule has 1 aliphatic carbocycles. The number of aromatic carboxylic acids is 1. The second-order valence-electron chi connectivity index (χ2n) is 6.62. The Morgan fingerprint density at radius 1 is 1.33 bits per heavy atom. The van der Waals surface area contributed by atoms with Crippen LogP contribution >= 0.6 is 0 Å². The van der Waals surface area contributed by atoms with Crippen LogP contribution in [0.3, 0.4) is 0 Å². The van der Waals surface area contributed by atoms with E-state index in [0.29, 0.717) is 17.5 Å². The molecule has 0 bridgehead atoms. The Morgan fingerprint density at radius 2 is 2.00 bits per heavy atom. The number of carboxylic acids is 1. The van der Waals surface area contributed by atoms with Crippen LogP contribution in [0.5, 0.6) is 0 Å². The highest BCUT2D eigenvalue weighted by molar-refractivity contribution is 5.89. The van der Waals surface area contributed by atoms with Crippen molar-refractivity contribution in [2.75, 3.05) is 11.4 Å². The van der Waals surface area contributed by atoms with Crippen molar-refractivity contribution in [3.05, 3.63) is 29.3 Å². The van der Waals surface area contributed by atoms with Gasteiger partial charge >= 0.3 is 5.97 Å². The van der Waals surface area contributed by atoms with Gasteiger partial charge < -0.3 is 10.0 Å². The topological polar surface area (TPSA) is 40.5 Å². The molecule has 0 atom stereocenters. The summed E-state index contributed by atoms with van der Waals surface area (Å²) in [6.45, 7) is 7.47. The molecule has 3 heteroatoms. The van der Waals surface area contributed by atoms with Crippen molar-refractivity contribution in [2.45, 2.75) is 58.9 Å². The first-order valence-electron chi connectivity index (χ1n) is 8.09. The minimum absolute atomic E-state index is 0.411. The fourth-order valence-corrected chi connectivity index (χ4v) is 3.20. The van der Waals surface area contributed by atoms with Crippen LogP contribution in [0, 0.1) is 12.8 Å². The number of hydrogen-bond acceptors (Lipinski definition) is 2. The molecule has 1 N–H and O–H groups in total. The zero-order chi connectivity index (χ0) is 15.4. The molecule has 0 aliphatic heterocycles. The highest BCUT2D eigenvalue weighted by atomic mass is 16.4. The molecule has 0 amide bonds. The van der Waals surface area contributed by atoms with E-state index in [1.54, 1.807) is 6.07 Å². The number of aryl methyl sites for hydroxylation is 1. The molecule has 2 rings (SSSR count). The molecule has 1 aromatic rings. The van der Waals surface area contributed by atoms with Crippen LogP contribution in [0.4, 0.5) is 5.69 Å². The summed E-state index contributed by atoms with van der Waals surface area (Å²) in [5.74, 6) is -0.151. The lowest BCUT2D eigenvalue weighted by molar-refractivity contribution is 0.0696. The lowest BCUT2D eigenvalue weighted by Gasteiger charge is -2.32. The number of carbonyl (C=O) groups is 1. The third kappa shape index (κ3) is 3.99. The summed E-state index contributed by atoms with van der Waals surface area (Å²) in [5, 5.41) is 9.17. The normalized spacial score (nSPS) is 15.6. The van der Waals surface area contributed by atoms with E-state index in [-0.39, 0.29) is 0 Å². The minimum atomic E-state index is -0.839. The number of anilines is 1. The van der Waals surface area contributed by atoms with Gasteiger partial charge in [0.2, 0.25) is 0 Å². The number of hydrogen-bond donors (Lipinski definition) is 1. The highest BCUT2D eigenvalue weighted by Gasteiger charge is 2.23. The molecule has 0 heterocycles. The average Bonchev–Trinajstić information content (AvgIpc) is 2.92. The Morgan fingerprint density at radius 3 is 2.52 bits per heavy atom. The van der Waals surface area contributed by atoms with Gasteiger partial charge in [-0.2, -0.15) is 0 Å². The van der Waals surface area contributed by atoms with Crippen LogP contribution in [-0.2, 0) is 0 Å². The molecule has 0 aromatic heterocycles. The van der Waals surface area contributed by atoms with Gasteiger partial charge in [0.25, 0.3) is 0 Å². The molecule has 1 aliphatic rings. The predicted octanol–water partition coefficient (Wildman–Crippen LogP) is 4.49. The Kier molecular flexibility index (Phi) is 5.27. The van der Waals surface area contributed by atoms with E-state index >= 15 is 0 Å². The van der Waals surface area contributed by atoms with E-state index in [4.69, 9.17) is 5.11 Å². The Balaban J connectivity index is 2.22. The van der Waals surface area contributed by atoms with Crippen molar-refractivity contribution >= 4 is 11.7 Å². The van der Waals surface area contributed by atoms with Crippen molar-refractivity contribution in [2.24, 2.45) is 5.92 Å². The average molecular weight is 289 g/mol. The van der Waals surface area contributed by atoms with Gasteiger partial charge in [0.15, 0.2) is 0 Å². The minimum Gasteiger partial charge on any atom is -0.478 e. The first-order chi connectivity index (χ1) is 9.99. The van der Waals surface area contributed by atoms with Gasteiger partial charge in [-0.15, -0.1) is 0 Å². The molecule has 21 heavy (non-hydrogen) atoms. The number of carboxylic acid groups (broad SMARTS) is 1. The van der Waals surface area contributed by atoms with E-state index < -0.39 is 5.97 Å². The quantitative estimate of drug-likeness (QED) is 0.839. The molecule has 116 valence electrons. The van der Waals surface area contributed by atoms with Crippen LogP contribution in [0.15, 0.2) is 18.2 Å². The maximum atomic E-state index is 11.2. The maximum Gasteiger partial charge on any atom is 0.335 e. The second kappa shape index (κ2) is 6.97. The molecule has 0 saturated heterocycles. The summed E-state index contributed by atoms with van der Waals surface area (Å²) in [6, 6.07) is 6.40. The lowest BCUT2D eigenvalue weighted by Crippen LogP contribution is -2.34. The summed E-state index contributed by atoms with van der Waals surface area (Å²) in [4.78, 5) is 13.7. The Labute approximate surface area is 128 Å².